The number of benzene rings is 1. The van der Waals surface area contributed by atoms with E-state index >= 15 is 0 Å². The summed E-state index contributed by atoms with van der Waals surface area (Å²) in [6, 6.07) is 8.87. The topological polar surface area (TPSA) is 94.9 Å². The number of carboxylic acid groups (broad SMARTS) is 1. The highest BCUT2D eigenvalue weighted by molar-refractivity contribution is 5.86. The number of fused-ring (bicyclic) bond motifs is 1. The van der Waals surface area contributed by atoms with E-state index in [1.807, 2.05) is 6.92 Å². The van der Waals surface area contributed by atoms with Crippen molar-refractivity contribution in [3.8, 4) is 11.1 Å². The van der Waals surface area contributed by atoms with Gasteiger partial charge in [-0.1, -0.05) is 32.0 Å². The second-order valence-corrected chi connectivity index (χ2v) is 13.8. The molecule has 0 spiro atoms. The van der Waals surface area contributed by atoms with Gasteiger partial charge in [0.25, 0.3) is 0 Å². The number of hydrogen-bond donors (Lipinski definition) is 1. The largest absolute Gasteiger partial charge is 0.481 e. The highest BCUT2D eigenvalue weighted by atomic mass is 16.5. The van der Waals surface area contributed by atoms with Crippen molar-refractivity contribution in [1.29, 1.82) is 0 Å². The van der Waals surface area contributed by atoms with Crippen molar-refractivity contribution in [3.63, 3.8) is 0 Å². The van der Waals surface area contributed by atoms with Crippen molar-refractivity contribution in [3.05, 3.63) is 58.7 Å². The van der Waals surface area contributed by atoms with Crippen LogP contribution >= 0.6 is 0 Å². The number of pyridine rings is 1. The van der Waals surface area contributed by atoms with Crippen molar-refractivity contribution < 1.29 is 14.6 Å². The zero-order chi connectivity index (χ0) is 31.2. The molecule has 9 heteroatoms. The third-order valence-electron chi connectivity index (χ3n) is 9.63. The molecule has 0 radical (unpaired) electrons. The number of piperidine rings is 1. The SMILES string of the molecule is Cc1nc(C)c(-c2ccc3c(c2)CCN(c2cc(N4C[C@@H](C)O[C@@H](C)C4)ncn2)C3)c(N2CCC(C)(C)CC2)c1CC(=O)O. The second kappa shape index (κ2) is 12.0. The molecule has 0 bridgehead atoms. The number of carbonyl (C=O) groups is 1. The molecule has 3 aliphatic heterocycles. The van der Waals surface area contributed by atoms with Crippen LogP contribution in [0.1, 0.15) is 68.6 Å². The Hall–Kier alpha value is -3.72. The van der Waals surface area contributed by atoms with Gasteiger partial charge >= 0.3 is 5.97 Å². The molecule has 3 aromatic rings. The molecule has 5 heterocycles. The number of morpholine rings is 1. The molecule has 2 fully saturated rings. The fraction of sp³-hybridized carbons (Fsp3) is 0.543. The summed E-state index contributed by atoms with van der Waals surface area (Å²) in [5, 5.41) is 9.85. The lowest BCUT2D eigenvalue weighted by atomic mass is 9.82. The van der Waals surface area contributed by atoms with E-state index < -0.39 is 5.97 Å². The third kappa shape index (κ3) is 6.25. The zero-order valence-electron chi connectivity index (χ0n) is 27.1. The van der Waals surface area contributed by atoms with Crippen LogP contribution in [0.2, 0.25) is 0 Å². The first-order valence-corrected chi connectivity index (χ1v) is 16.0. The van der Waals surface area contributed by atoms with Gasteiger partial charge in [0.05, 0.1) is 24.3 Å². The van der Waals surface area contributed by atoms with E-state index in [1.54, 1.807) is 6.33 Å². The minimum Gasteiger partial charge on any atom is -0.481 e. The number of carboxylic acids is 1. The number of anilines is 3. The van der Waals surface area contributed by atoms with Gasteiger partial charge in [0, 0.05) is 67.8 Å². The van der Waals surface area contributed by atoms with Crippen LogP contribution in [-0.4, -0.2) is 71.0 Å². The van der Waals surface area contributed by atoms with E-state index in [4.69, 9.17) is 9.72 Å². The maximum Gasteiger partial charge on any atom is 0.307 e. The van der Waals surface area contributed by atoms with Crippen molar-refractivity contribution in [2.75, 3.05) is 47.4 Å². The van der Waals surface area contributed by atoms with Crippen molar-refractivity contribution >= 4 is 23.3 Å². The van der Waals surface area contributed by atoms with Gasteiger partial charge in [-0.3, -0.25) is 9.78 Å². The van der Waals surface area contributed by atoms with Crippen LogP contribution in [0.5, 0.6) is 0 Å². The standard InChI is InChI=1S/C35H46N6O3/c1-22-18-41(19-23(2)44-22)31-17-30(36-21-37-31)40-12-9-26-15-27(7-8-28(26)20-40)33-25(4)38-24(3)29(16-32(42)43)34(33)39-13-10-35(5,6)11-14-39/h7-8,15,17,21-23H,9-14,16,18-20H2,1-6H3,(H,42,43)/t22-,23+. The summed E-state index contributed by atoms with van der Waals surface area (Å²) in [6.45, 7) is 18.0. The number of ether oxygens (including phenoxy) is 1. The predicted octanol–water partition coefficient (Wildman–Crippen LogP) is 5.59. The molecule has 2 aromatic heterocycles. The van der Waals surface area contributed by atoms with Gasteiger partial charge in [0.2, 0.25) is 0 Å². The highest BCUT2D eigenvalue weighted by Gasteiger charge is 2.31. The van der Waals surface area contributed by atoms with Crippen LogP contribution in [0.3, 0.4) is 0 Å². The molecule has 0 aliphatic carbocycles. The summed E-state index contributed by atoms with van der Waals surface area (Å²) in [7, 11) is 0. The molecule has 9 nitrogen and oxygen atoms in total. The van der Waals surface area contributed by atoms with Gasteiger partial charge in [-0.2, -0.15) is 0 Å². The van der Waals surface area contributed by atoms with Crippen LogP contribution < -0.4 is 14.7 Å². The van der Waals surface area contributed by atoms with E-state index in [0.717, 1.165) is 104 Å². The van der Waals surface area contributed by atoms with Gasteiger partial charge in [-0.25, -0.2) is 9.97 Å². The van der Waals surface area contributed by atoms with E-state index in [1.165, 1.54) is 11.1 Å². The molecule has 0 saturated carbocycles. The highest BCUT2D eigenvalue weighted by Crippen LogP contribution is 2.42. The summed E-state index contributed by atoms with van der Waals surface area (Å²) in [4.78, 5) is 33.2. The number of hydrogen-bond acceptors (Lipinski definition) is 8. The molecular formula is C35H46N6O3. The van der Waals surface area contributed by atoms with E-state index in [9.17, 15) is 9.90 Å². The molecule has 2 saturated heterocycles. The monoisotopic (exact) mass is 598 g/mol. The Bertz CT molecular complexity index is 1540. The molecule has 44 heavy (non-hydrogen) atoms. The lowest BCUT2D eigenvalue weighted by molar-refractivity contribution is -0.136. The van der Waals surface area contributed by atoms with Crippen LogP contribution in [0.25, 0.3) is 11.1 Å². The predicted molar refractivity (Wildman–Crippen MR) is 175 cm³/mol. The Morgan fingerprint density at radius 3 is 2.30 bits per heavy atom. The Balaban J connectivity index is 1.30. The maximum atomic E-state index is 12.0. The van der Waals surface area contributed by atoms with Crippen LogP contribution in [0.4, 0.5) is 17.3 Å². The van der Waals surface area contributed by atoms with E-state index in [0.29, 0.717) is 5.41 Å². The van der Waals surface area contributed by atoms with Crippen LogP contribution in [-0.2, 0) is 28.9 Å². The molecule has 2 atom stereocenters. The molecule has 3 aliphatic rings. The smallest absolute Gasteiger partial charge is 0.307 e. The van der Waals surface area contributed by atoms with E-state index in [-0.39, 0.29) is 18.6 Å². The number of rotatable bonds is 6. The Labute approximate surface area is 261 Å². The molecule has 234 valence electrons. The van der Waals surface area contributed by atoms with Crippen molar-refractivity contribution in [1.82, 2.24) is 15.0 Å². The molecular weight excluding hydrogens is 552 g/mol. The van der Waals surface area contributed by atoms with Gasteiger partial charge < -0.3 is 24.5 Å². The summed E-state index contributed by atoms with van der Waals surface area (Å²) in [5.74, 6) is 1.08. The first kappa shape index (κ1) is 30.3. The number of nitrogens with zero attached hydrogens (tertiary/aromatic N) is 6. The molecule has 1 N–H and O–H groups in total. The lowest BCUT2D eigenvalue weighted by Crippen LogP contribution is -2.46. The number of aromatic nitrogens is 3. The van der Waals surface area contributed by atoms with Gasteiger partial charge in [-0.05, 0) is 69.1 Å². The summed E-state index contributed by atoms with van der Waals surface area (Å²) < 4.78 is 5.92. The number of aliphatic carboxylic acids is 1. The minimum absolute atomic E-state index is 0.0234. The quantitative estimate of drug-likeness (QED) is 0.390. The summed E-state index contributed by atoms with van der Waals surface area (Å²) in [6.07, 6.45) is 5.05. The van der Waals surface area contributed by atoms with Gasteiger partial charge in [0.1, 0.15) is 18.0 Å². The van der Waals surface area contributed by atoms with Crippen molar-refractivity contribution in [2.24, 2.45) is 5.41 Å². The summed E-state index contributed by atoms with van der Waals surface area (Å²) >= 11 is 0. The first-order valence-electron chi connectivity index (χ1n) is 16.0. The van der Waals surface area contributed by atoms with Crippen LogP contribution in [0, 0.1) is 19.3 Å². The van der Waals surface area contributed by atoms with Gasteiger partial charge in [0.15, 0.2) is 0 Å². The average molecular weight is 599 g/mol. The maximum absolute atomic E-state index is 12.0. The summed E-state index contributed by atoms with van der Waals surface area (Å²) in [5.41, 5.74) is 8.77. The first-order chi connectivity index (χ1) is 21.0. The fourth-order valence-electron chi connectivity index (χ4n) is 7.21. The molecule has 0 unspecified atom stereocenters. The second-order valence-electron chi connectivity index (χ2n) is 13.8. The molecule has 6 rings (SSSR count). The Morgan fingerprint density at radius 1 is 0.932 bits per heavy atom. The Kier molecular flexibility index (Phi) is 8.26. The van der Waals surface area contributed by atoms with E-state index in [2.05, 4.69) is 83.6 Å². The average Bonchev–Trinajstić information content (AvgIpc) is 2.97. The lowest BCUT2D eigenvalue weighted by Gasteiger charge is -2.40. The minimum atomic E-state index is -0.820. The fourth-order valence-corrected chi connectivity index (χ4v) is 7.21. The zero-order valence-corrected chi connectivity index (χ0v) is 27.1. The molecule has 0 amide bonds. The molecule has 1 aromatic carbocycles. The Morgan fingerprint density at radius 2 is 1.61 bits per heavy atom. The normalized spacial score (nSPS) is 21.7. The third-order valence-corrected chi connectivity index (χ3v) is 9.63. The van der Waals surface area contributed by atoms with Crippen LogP contribution in [0.15, 0.2) is 30.6 Å². The van der Waals surface area contributed by atoms with Gasteiger partial charge in [-0.15, -0.1) is 0 Å². The van der Waals surface area contributed by atoms with Crippen molar-refractivity contribution in [2.45, 2.75) is 86.0 Å². The number of aryl methyl sites for hydroxylation is 2.